The second-order valence-corrected chi connectivity index (χ2v) is 4.45. The van der Waals surface area contributed by atoms with Crippen molar-refractivity contribution in [3.05, 3.63) is 0 Å². The highest BCUT2D eigenvalue weighted by molar-refractivity contribution is 5.75. The minimum absolute atomic E-state index is 0.156. The molecule has 3 nitrogen and oxygen atoms in total. The molecular weight excluding hydrogens is 190 g/mol. The van der Waals surface area contributed by atoms with E-state index in [9.17, 15) is 4.79 Å². The first-order chi connectivity index (χ1) is 7.24. The zero-order valence-corrected chi connectivity index (χ0v) is 9.92. The topological polar surface area (TPSA) is 38.3 Å². The maximum absolute atomic E-state index is 11.3. The molecule has 0 radical (unpaired) electrons. The molecule has 0 aliphatic heterocycles. The summed E-state index contributed by atoms with van der Waals surface area (Å²) in [6, 6.07) is 0.332. The van der Waals surface area contributed by atoms with E-state index in [2.05, 4.69) is 5.32 Å². The largest absolute Gasteiger partial charge is 0.468 e. The van der Waals surface area contributed by atoms with Gasteiger partial charge in [-0.15, -0.1) is 0 Å². The number of carbonyl (C=O) groups excluding carboxylic acids is 1. The fourth-order valence-corrected chi connectivity index (χ4v) is 2.22. The monoisotopic (exact) mass is 213 g/mol. The number of rotatable bonds is 3. The molecule has 1 fully saturated rings. The molecule has 0 spiro atoms. The lowest BCUT2D eigenvalue weighted by atomic mass is 9.96. The van der Waals surface area contributed by atoms with Crippen LogP contribution < -0.4 is 5.32 Å². The van der Waals surface area contributed by atoms with Gasteiger partial charge in [-0.3, -0.25) is 4.79 Å². The summed E-state index contributed by atoms with van der Waals surface area (Å²) in [6.07, 6.45) is 9.01. The molecule has 3 heteroatoms. The average Bonchev–Trinajstić information content (AvgIpc) is 2.20. The predicted octanol–water partition coefficient (Wildman–Crippen LogP) is 2.25. The summed E-state index contributed by atoms with van der Waals surface area (Å²) in [7, 11) is 1.44. The first kappa shape index (κ1) is 12.5. The van der Waals surface area contributed by atoms with Crippen molar-refractivity contribution in [1.82, 2.24) is 5.32 Å². The van der Waals surface area contributed by atoms with E-state index < -0.39 is 0 Å². The maximum Gasteiger partial charge on any atom is 0.322 e. The van der Waals surface area contributed by atoms with Crippen LogP contribution in [0.4, 0.5) is 0 Å². The van der Waals surface area contributed by atoms with Crippen LogP contribution in [0.3, 0.4) is 0 Å². The molecule has 1 saturated carbocycles. The summed E-state index contributed by atoms with van der Waals surface area (Å²) in [5.41, 5.74) is 0. The highest BCUT2D eigenvalue weighted by Gasteiger charge is 2.18. The summed E-state index contributed by atoms with van der Waals surface area (Å²) in [6.45, 7) is 1.88. The molecular formula is C12H23NO2. The van der Waals surface area contributed by atoms with Gasteiger partial charge in [0, 0.05) is 6.04 Å². The van der Waals surface area contributed by atoms with E-state index in [1.165, 1.54) is 52.1 Å². The van der Waals surface area contributed by atoms with Crippen LogP contribution in [0.2, 0.25) is 0 Å². The molecule has 0 aromatic rings. The molecule has 1 N–H and O–H groups in total. The number of hydrogen-bond donors (Lipinski definition) is 1. The van der Waals surface area contributed by atoms with Gasteiger partial charge < -0.3 is 10.1 Å². The summed E-state index contributed by atoms with van der Waals surface area (Å²) in [5.74, 6) is -0.156. The van der Waals surface area contributed by atoms with E-state index in [0.717, 1.165) is 0 Å². The van der Waals surface area contributed by atoms with Gasteiger partial charge in [-0.25, -0.2) is 0 Å². The SMILES string of the molecule is COC(=O)[C@H](C)NC1CCCCCCC1. The van der Waals surface area contributed by atoms with Gasteiger partial charge in [0.25, 0.3) is 0 Å². The molecule has 1 aliphatic carbocycles. The number of carbonyl (C=O) groups is 1. The van der Waals surface area contributed by atoms with Crippen molar-refractivity contribution < 1.29 is 9.53 Å². The van der Waals surface area contributed by atoms with Crippen LogP contribution in [0.15, 0.2) is 0 Å². The van der Waals surface area contributed by atoms with Crippen molar-refractivity contribution in [1.29, 1.82) is 0 Å². The van der Waals surface area contributed by atoms with Gasteiger partial charge in [-0.2, -0.15) is 0 Å². The van der Waals surface area contributed by atoms with E-state index in [0.29, 0.717) is 6.04 Å². The summed E-state index contributed by atoms with van der Waals surface area (Å²) in [4.78, 5) is 11.3. The minimum Gasteiger partial charge on any atom is -0.468 e. The summed E-state index contributed by atoms with van der Waals surface area (Å²) < 4.78 is 4.71. The van der Waals surface area contributed by atoms with E-state index in [1.807, 2.05) is 6.92 Å². The van der Waals surface area contributed by atoms with Gasteiger partial charge in [-0.05, 0) is 19.8 Å². The second kappa shape index (κ2) is 6.83. The molecule has 15 heavy (non-hydrogen) atoms. The van der Waals surface area contributed by atoms with Crippen LogP contribution in [0, 0.1) is 0 Å². The van der Waals surface area contributed by atoms with Crippen LogP contribution in [0.1, 0.15) is 51.9 Å². The van der Waals surface area contributed by atoms with Crippen molar-refractivity contribution in [3.8, 4) is 0 Å². The number of esters is 1. The van der Waals surface area contributed by atoms with Crippen molar-refractivity contribution in [3.63, 3.8) is 0 Å². The van der Waals surface area contributed by atoms with Crippen LogP contribution in [0.5, 0.6) is 0 Å². The van der Waals surface area contributed by atoms with Gasteiger partial charge in [0.05, 0.1) is 7.11 Å². The van der Waals surface area contributed by atoms with Crippen LogP contribution >= 0.6 is 0 Å². The Morgan fingerprint density at radius 3 is 2.27 bits per heavy atom. The molecule has 1 aliphatic rings. The van der Waals surface area contributed by atoms with Crippen molar-refractivity contribution >= 4 is 5.97 Å². The molecule has 0 unspecified atom stereocenters. The summed E-state index contributed by atoms with van der Waals surface area (Å²) in [5, 5.41) is 3.36. The molecule has 0 aromatic heterocycles. The molecule has 0 bridgehead atoms. The molecule has 1 atom stereocenters. The van der Waals surface area contributed by atoms with Crippen LogP contribution in [-0.4, -0.2) is 25.2 Å². The smallest absolute Gasteiger partial charge is 0.322 e. The first-order valence-corrected chi connectivity index (χ1v) is 6.08. The Morgan fingerprint density at radius 1 is 1.20 bits per heavy atom. The van der Waals surface area contributed by atoms with Crippen molar-refractivity contribution in [2.24, 2.45) is 0 Å². The van der Waals surface area contributed by atoms with Crippen LogP contribution in [-0.2, 0) is 9.53 Å². The molecule has 0 heterocycles. The minimum atomic E-state index is -0.167. The van der Waals surface area contributed by atoms with Gasteiger partial charge in [-0.1, -0.05) is 32.1 Å². The molecule has 0 amide bonds. The van der Waals surface area contributed by atoms with Crippen molar-refractivity contribution in [2.75, 3.05) is 7.11 Å². The highest BCUT2D eigenvalue weighted by Crippen LogP contribution is 2.17. The van der Waals surface area contributed by atoms with E-state index in [1.54, 1.807) is 0 Å². The molecule has 0 saturated heterocycles. The van der Waals surface area contributed by atoms with Gasteiger partial charge in [0.1, 0.15) is 6.04 Å². The number of methoxy groups -OCH3 is 1. The Balaban J connectivity index is 2.31. The number of hydrogen-bond acceptors (Lipinski definition) is 3. The van der Waals surface area contributed by atoms with E-state index in [-0.39, 0.29) is 12.0 Å². The van der Waals surface area contributed by atoms with Gasteiger partial charge in [0.15, 0.2) is 0 Å². The highest BCUT2D eigenvalue weighted by atomic mass is 16.5. The lowest BCUT2D eigenvalue weighted by Gasteiger charge is -2.23. The Morgan fingerprint density at radius 2 is 1.73 bits per heavy atom. The van der Waals surface area contributed by atoms with Crippen molar-refractivity contribution in [2.45, 2.75) is 64.0 Å². The standard InChI is InChI=1S/C12H23NO2/c1-10(12(14)15-2)13-11-8-6-4-3-5-7-9-11/h10-11,13H,3-9H2,1-2H3/t10-/m0/s1. The average molecular weight is 213 g/mol. The Labute approximate surface area is 92.6 Å². The predicted molar refractivity (Wildman–Crippen MR) is 60.7 cm³/mol. The Kier molecular flexibility index (Phi) is 5.69. The third kappa shape index (κ3) is 4.65. The first-order valence-electron chi connectivity index (χ1n) is 6.08. The fourth-order valence-electron chi connectivity index (χ4n) is 2.22. The maximum atomic E-state index is 11.3. The van der Waals surface area contributed by atoms with Gasteiger partial charge >= 0.3 is 5.97 Å². The number of nitrogens with one attached hydrogen (secondary N) is 1. The van der Waals surface area contributed by atoms with Gasteiger partial charge in [0.2, 0.25) is 0 Å². The van der Waals surface area contributed by atoms with E-state index in [4.69, 9.17) is 4.74 Å². The Hall–Kier alpha value is -0.570. The van der Waals surface area contributed by atoms with E-state index >= 15 is 0 Å². The lowest BCUT2D eigenvalue weighted by Crippen LogP contribution is -2.42. The lowest BCUT2D eigenvalue weighted by molar-refractivity contribution is -0.142. The zero-order chi connectivity index (χ0) is 11.1. The fraction of sp³-hybridized carbons (Fsp3) is 0.917. The quantitative estimate of drug-likeness (QED) is 0.731. The second-order valence-electron chi connectivity index (χ2n) is 4.45. The number of ether oxygens (including phenoxy) is 1. The molecule has 1 rings (SSSR count). The summed E-state index contributed by atoms with van der Waals surface area (Å²) >= 11 is 0. The zero-order valence-electron chi connectivity index (χ0n) is 9.92. The third-order valence-electron chi connectivity index (χ3n) is 3.15. The van der Waals surface area contributed by atoms with Crippen LogP contribution in [0.25, 0.3) is 0 Å². The third-order valence-corrected chi connectivity index (χ3v) is 3.15. The Bertz CT molecular complexity index is 186. The molecule has 88 valence electrons. The normalized spacial score (nSPS) is 21.5. The molecule has 0 aromatic carbocycles.